The summed E-state index contributed by atoms with van der Waals surface area (Å²) in [5, 5.41) is 12.6. The van der Waals surface area contributed by atoms with E-state index in [9.17, 15) is 9.90 Å². The number of anilines is 3. The molecule has 0 fully saturated rings. The number of aryl methyl sites for hydroxylation is 1. The summed E-state index contributed by atoms with van der Waals surface area (Å²) < 4.78 is 0. The topological polar surface area (TPSA) is 75.3 Å². The van der Waals surface area contributed by atoms with Crippen molar-refractivity contribution in [3.63, 3.8) is 0 Å². The Kier molecular flexibility index (Phi) is 4.17. The first-order valence-corrected chi connectivity index (χ1v) is 6.89. The van der Waals surface area contributed by atoms with Crippen molar-refractivity contribution < 1.29 is 9.90 Å². The molecule has 0 radical (unpaired) electrons. The monoisotopic (exact) mass is 284 g/mol. The molecule has 0 heterocycles. The van der Waals surface area contributed by atoms with Crippen LogP contribution in [-0.4, -0.2) is 11.1 Å². The van der Waals surface area contributed by atoms with Crippen LogP contribution in [0.15, 0.2) is 36.4 Å². The highest BCUT2D eigenvalue weighted by molar-refractivity contribution is 5.96. The third-order valence-electron chi connectivity index (χ3n) is 3.46. The van der Waals surface area contributed by atoms with E-state index < -0.39 is 5.97 Å². The highest BCUT2D eigenvalue weighted by Crippen LogP contribution is 2.32. The lowest BCUT2D eigenvalue weighted by Crippen LogP contribution is -2.06. The summed E-state index contributed by atoms with van der Waals surface area (Å²) in [6.07, 6.45) is 0. The Morgan fingerprint density at radius 2 is 1.95 bits per heavy atom. The highest BCUT2D eigenvalue weighted by Gasteiger charge is 2.14. The average molecular weight is 284 g/mol. The summed E-state index contributed by atoms with van der Waals surface area (Å²) in [7, 11) is 0. The summed E-state index contributed by atoms with van der Waals surface area (Å²) in [6, 6.07) is 10.8. The minimum atomic E-state index is -0.975. The number of carboxylic acid groups (broad SMARTS) is 1. The van der Waals surface area contributed by atoms with Gasteiger partial charge in [-0.2, -0.15) is 0 Å². The largest absolute Gasteiger partial charge is 0.478 e. The first kappa shape index (κ1) is 14.9. The molecule has 0 aliphatic carbocycles. The molecule has 21 heavy (non-hydrogen) atoms. The van der Waals surface area contributed by atoms with Crippen LogP contribution in [0.5, 0.6) is 0 Å². The number of carboxylic acids is 1. The molecule has 4 N–H and O–H groups in total. The first-order chi connectivity index (χ1) is 9.90. The predicted octanol–water partition coefficient (Wildman–Crippen LogP) is 4.14. The number of carbonyl (C=O) groups is 1. The lowest BCUT2D eigenvalue weighted by molar-refractivity contribution is 0.0698. The van der Waals surface area contributed by atoms with E-state index in [4.69, 9.17) is 5.73 Å². The van der Waals surface area contributed by atoms with Crippen molar-refractivity contribution in [3.8, 4) is 0 Å². The van der Waals surface area contributed by atoms with E-state index in [0.29, 0.717) is 17.3 Å². The van der Waals surface area contributed by atoms with Gasteiger partial charge in [0, 0.05) is 11.4 Å². The summed E-state index contributed by atoms with van der Waals surface area (Å²) in [4.78, 5) is 11.3. The second kappa shape index (κ2) is 5.87. The van der Waals surface area contributed by atoms with Gasteiger partial charge in [0.25, 0.3) is 0 Å². The van der Waals surface area contributed by atoms with Gasteiger partial charge in [-0.1, -0.05) is 32.0 Å². The highest BCUT2D eigenvalue weighted by atomic mass is 16.4. The molecule has 0 aliphatic rings. The van der Waals surface area contributed by atoms with Gasteiger partial charge in [0.05, 0.1) is 11.3 Å². The minimum Gasteiger partial charge on any atom is -0.478 e. The fraction of sp³-hybridized carbons (Fsp3) is 0.235. The van der Waals surface area contributed by atoms with Gasteiger partial charge < -0.3 is 16.2 Å². The number of hydrogen-bond donors (Lipinski definition) is 3. The zero-order chi connectivity index (χ0) is 15.6. The Labute approximate surface area is 124 Å². The average Bonchev–Trinajstić information content (AvgIpc) is 2.40. The van der Waals surface area contributed by atoms with Crippen molar-refractivity contribution in [1.82, 2.24) is 0 Å². The van der Waals surface area contributed by atoms with Crippen LogP contribution in [0.4, 0.5) is 17.1 Å². The molecule has 0 aliphatic heterocycles. The van der Waals surface area contributed by atoms with E-state index in [0.717, 1.165) is 16.8 Å². The summed E-state index contributed by atoms with van der Waals surface area (Å²) >= 11 is 0. The molecule has 2 rings (SSSR count). The molecule has 0 saturated heterocycles. The van der Waals surface area contributed by atoms with Crippen LogP contribution < -0.4 is 11.1 Å². The molecule has 2 aromatic rings. The summed E-state index contributed by atoms with van der Waals surface area (Å²) in [5.74, 6) is -0.640. The molecule has 0 amide bonds. The second-order valence-electron chi connectivity index (χ2n) is 5.43. The van der Waals surface area contributed by atoms with Crippen LogP contribution >= 0.6 is 0 Å². The molecule has 110 valence electrons. The molecular weight excluding hydrogens is 264 g/mol. The van der Waals surface area contributed by atoms with Crippen molar-refractivity contribution in [1.29, 1.82) is 0 Å². The van der Waals surface area contributed by atoms with E-state index in [1.165, 1.54) is 6.07 Å². The number of nitrogens with two attached hydrogens (primary N) is 1. The third-order valence-corrected chi connectivity index (χ3v) is 3.46. The minimum absolute atomic E-state index is 0.210. The number of nitrogen functional groups attached to an aromatic ring is 1. The Bertz CT molecular complexity index is 678. The van der Waals surface area contributed by atoms with Gasteiger partial charge in [-0.3, -0.25) is 0 Å². The lowest BCUT2D eigenvalue weighted by atomic mass is 9.97. The first-order valence-electron chi connectivity index (χ1n) is 6.89. The van der Waals surface area contributed by atoms with Gasteiger partial charge in [-0.15, -0.1) is 0 Å². The van der Waals surface area contributed by atoms with Gasteiger partial charge in [-0.05, 0) is 42.2 Å². The standard InChI is InChI=1S/C17H20N2O2/c1-10(2)13-6-4-5-11(3)16(13)19-15-9-12(18)7-8-14(15)17(20)21/h4-10,19H,18H2,1-3H3,(H,20,21). The van der Waals surface area contributed by atoms with Crippen LogP contribution in [-0.2, 0) is 0 Å². The molecule has 0 bridgehead atoms. The van der Waals surface area contributed by atoms with E-state index >= 15 is 0 Å². The lowest BCUT2D eigenvalue weighted by Gasteiger charge is -2.18. The number of aromatic carboxylic acids is 1. The maximum Gasteiger partial charge on any atom is 0.337 e. The molecule has 4 nitrogen and oxygen atoms in total. The molecule has 0 atom stereocenters. The molecular formula is C17H20N2O2. The predicted molar refractivity (Wildman–Crippen MR) is 86.4 cm³/mol. The zero-order valence-electron chi connectivity index (χ0n) is 12.5. The van der Waals surface area contributed by atoms with Gasteiger partial charge in [0.15, 0.2) is 0 Å². The van der Waals surface area contributed by atoms with Crippen molar-refractivity contribution in [2.24, 2.45) is 0 Å². The molecule has 2 aromatic carbocycles. The quantitative estimate of drug-likeness (QED) is 0.737. The zero-order valence-corrected chi connectivity index (χ0v) is 12.5. The van der Waals surface area contributed by atoms with E-state index in [1.54, 1.807) is 12.1 Å². The van der Waals surface area contributed by atoms with Crippen LogP contribution in [0.25, 0.3) is 0 Å². The molecule has 0 spiro atoms. The van der Waals surface area contributed by atoms with Gasteiger partial charge in [0.2, 0.25) is 0 Å². The molecule has 0 unspecified atom stereocenters. The third kappa shape index (κ3) is 3.16. The Balaban J connectivity index is 2.53. The van der Waals surface area contributed by atoms with E-state index in [1.807, 2.05) is 25.1 Å². The molecule has 4 heteroatoms. The van der Waals surface area contributed by atoms with Crippen LogP contribution in [0, 0.1) is 6.92 Å². The summed E-state index contributed by atoms with van der Waals surface area (Å²) in [5.41, 5.74) is 10.2. The maximum atomic E-state index is 11.3. The number of benzene rings is 2. The van der Waals surface area contributed by atoms with Crippen LogP contribution in [0.1, 0.15) is 41.3 Å². The van der Waals surface area contributed by atoms with Gasteiger partial charge in [-0.25, -0.2) is 4.79 Å². The van der Waals surface area contributed by atoms with Crippen LogP contribution in [0.3, 0.4) is 0 Å². The fourth-order valence-electron chi connectivity index (χ4n) is 2.33. The number of rotatable bonds is 4. The second-order valence-corrected chi connectivity index (χ2v) is 5.43. The number of nitrogens with one attached hydrogen (secondary N) is 1. The fourth-order valence-corrected chi connectivity index (χ4v) is 2.33. The summed E-state index contributed by atoms with van der Waals surface area (Å²) in [6.45, 7) is 6.22. The van der Waals surface area contributed by atoms with Crippen molar-refractivity contribution in [2.45, 2.75) is 26.7 Å². The maximum absolute atomic E-state index is 11.3. The van der Waals surface area contributed by atoms with Gasteiger partial charge in [0.1, 0.15) is 0 Å². The number of hydrogen-bond acceptors (Lipinski definition) is 3. The Hall–Kier alpha value is -2.49. The Morgan fingerprint density at radius 3 is 2.57 bits per heavy atom. The van der Waals surface area contributed by atoms with E-state index in [2.05, 4.69) is 19.2 Å². The van der Waals surface area contributed by atoms with Crippen molar-refractivity contribution in [2.75, 3.05) is 11.1 Å². The smallest absolute Gasteiger partial charge is 0.337 e. The van der Waals surface area contributed by atoms with Crippen molar-refractivity contribution in [3.05, 3.63) is 53.1 Å². The SMILES string of the molecule is Cc1cccc(C(C)C)c1Nc1cc(N)ccc1C(=O)O. The van der Waals surface area contributed by atoms with Crippen molar-refractivity contribution >= 4 is 23.0 Å². The molecule has 0 saturated carbocycles. The normalized spacial score (nSPS) is 10.7. The number of para-hydroxylation sites is 1. The van der Waals surface area contributed by atoms with Gasteiger partial charge >= 0.3 is 5.97 Å². The Morgan fingerprint density at radius 1 is 1.24 bits per heavy atom. The van der Waals surface area contributed by atoms with E-state index in [-0.39, 0.29) is 5.56 Å². The molecule has 0 aromatic heterocycles. The van der Waals surface area contributed by atoms with Crippen LogP contribution in [0.2, 0.25) is 0 Å².